The van der Waals surface area contributed by atoms with Gasteiger partial charge in [-0.1, -0.05) is 20.3 Å². The SMILES string of the molecule is CC[C@H](C)[C@H](N)C(=O)N(CC)CC(N)=O. The molecule has 0 aliphatic rings. The van der Waals surface area contributed by atoms with Crippen molar-refractivity contribution in [3.05, 3.63) is 0 Å². The molecule has 0 rings (SSSR count). The highest BCUT2D eigenvalue weighted by atomic mass is 16.2. The highest BCUT2D eigenvalue weighted by Gasteiger charge is 2.24. The van der Waals surface area contributed by atoms with Crippen molar-refractivity contribution in [1.29, 1.82) is 0 Å². The van der Waals surface area contributed by atoms with E-state index in [1.165, 1.54) is 4.90 Å². The van der Waals surface area contributed by atoms with Crippen LogP contribution in [-0.4, -0.2) is 35.8 Å². The summed E-state index contributed by atoms with van der Waals surface area (Å²) in [6.07, 6.45) is 0.834. The number of hydrogen-bond acceptors (Lipinski definition) is 3. The molecule has 0 aliphatic heterocycles. The van der Waals surface area contributed by atoms with Gasteiger partial charge in [-0.25, -0.2) is 0 Å². The zero-order valence-electron chi connectivity index (χ0n) is 9.69. The van der Waals surface area contributed by atoms with Crippen molar-refractivity contribution in [3.8, 4) is 0 Å². The monoisotopic (exact) mass is 215 g/mol. The Bertz CT molecular complexity index is 231. The van der Waals surface area contributed by atoms with E-state index in [-0.39, 0.29) is 18.4 Å². The lowest BCUT2D eigenvalue weighted by molar-refractivity contribution is -0.137. The van der Waals surface area contributed by atoms with Crippen LogP contribution in [0.4, 0.5) is 0 Å². The predicted molar refractivity (Wildman–Crippen MR) is 58.9 cm³/mol. The van der Waals surface area contributed by atoms with Gasteiger partial charge in [0.15, 0.2) is 0 Å². The molecule has 0 spiro atoms. The summed E-state index contributed by atoms with van der Waals surface area (Å²) in [5.41, 5.74) is 10.8. The number of rotatable bonds is 6. The largest absolute Gasteiger partial charge is 0.368 e. The van der Waals surface area contributed by atoms with Gasteiger partial charge in [0.1, 0.15) is 0 Å². The van der Waals surface area contributed by atoms with Crippen molar-refractivity contribution in [2.24, 2.45) is 17.4 Å². The number of hydrogen-bond donors (Lipinski definition) is 2. The molecule has 0 aliphatic carbocycles. The van der Waals surface area contributed by atoms with Gasteiger partial charge in [-0.2, -0.15) is 0 Å². The molecule has 0 radical (unpaired) electrons. The summed E-state index contributed by atoms with van der Waals surface area (Å²) >= 11 is 0. The molecule has 0 fully saturated rings. The van der Waals surface area contributed by atoms with E-state index in [4.69, 9.17) is 11.5 Å². The van der Waals surface area contributed by atoms with Crippen molar-refractivity contribution in [1.82, 2.24) is 4.90 Å². The molecule has 0 unspecified atom stereocenters. The molecular formula is C10H21N3O2. The fraction of sp³-hybridized carbons (Fsp3) is 0.800. The zero-order valence-corrected chi connectivity index (χ0v) is 9.69. The third-order valence-corrected chi connectivity index (χ3v) is 2.58. The van der Waals surface area contributed by atoms with Crippen LogP contribution in [0.5, 0.6) is 0 Å². The molecular weight excluding hydrogens is 194 g/mol. The fourth-order valence-electron chi connectivity index (χ4n) is 1.24. The Kier molecular flexibility index (Phi) is 5.93. The number of primary amides is 1. The summed E-state index contributed by atoms with van der Waals surface area (Å²) in [7, 11) is 0. The van der Waals surface area contributed by atoms with E-state index in [0.717, 1.165) is 6.42 Å². The second-order valence-corrected chi connectivity index (χ2v) is 3.73. The van der Waals surface area contributed by atoms with Crippen molar-refractivity contribution in [2.75, 3.05) is 13.1 Å². The average Bonchev–Trinajstić information content (AvgIpc) is 2.22. The second-order valence-electron chi connectivity index (χ2n) is 3.73. The van der Waals surface area contributed by atoms with Gasteiger partial charge in [-0.15, -0.1) is 0 Å². The molecule has 15 heavy (non-hydrogen) atoms. The summed E-state index contributed by atoms with van der Waals surface area (Å²) in [6, 6.07) is -0.547. The van der Waals surface area contributed by atoms with Crippen molar-refractivity contribution in [3.63, 3.8) is 0 Å². The minimum absolute atomic E-state index is 0.0561. The van der Waals surface area contributed by atoms with E-state index in [1.807, 2.05) is 13.8 Å². The Morgan fingerprint density at radius 3 is 2.20 bits per heavy atom. The molecule has 2 amide bonds. The van der Waals surface area contributed by atoms with Crippen molar-refractivity contribution in [2.45, 2.75) is 33.2 Å². The van der Waals surface area contributed by atoms with Gasteiger partial charge in [0.05, 0.1) is 12.6 Å². The number of likely N-dealkylation sites (N-methyl/N-ethyl adjacent to an activating group) is 1. The van der Waals surface area contributed by atoms with Crippen LogP contribution >= 0.6 is 0 Å². The Morgan fingerprint density at radius 1 is 1.33 bits per heavy atom. The van der Waals surface area contributed by atoms with Crippen LogP contribution < -0.4 is 11.5 Å². The van der Waals surface area contributed by atoms with Gasteiger partial charge < -0.3 is 16.4 Å². The first kappa shape index (κ1) is 13.9. The number of nitrogens with two attached hydrogens (primary N) is 2. The number of amides is 2. The van der Waals surface area contributed by atoms with Gasteiger partial charge in [0.25, 0.3) is 0 Å². The van der Waals surface area contributed by atoms with E-state index < -0.39 is 11.9 Å². The first-order chi connectivity index (χ1) is 6.93. The Labute approximate surface area is 90.8 Å². The number of nitrogens with zero attached hydrogens (tertiary/aromatic N) is 1. The Morgan fingerprint density at radius 2 is 1.87 bits per heavy atom. The van der Waals surface area contributed by atoms with Crippen molar-refractivity contribution >= 4 is 11.8 Å². The minimum Gasteiger partial charge on any atom is -0.368 e. The molecule has 2 atom stereocenters. The average molecular weight is 215 g/mol. The molecule has 0 saturated carbocycles. The summed E-state index contributed by atoms with van der Waals surface area (Å²) < 4.78 is 0. The first-order valence-electron chi connectivity index (χ1n) is 5.26. The standard InChI is InChI=1S/C10H21N3O2/c1-4-7(3)9(12)10(15)13(5-2)6-8(11)14/h7,9H,4-6,12H2,1-3H3,(H2,11,14)/t7-,9-/m0/s1. The van der Waals surface area contributed by atoms with E-state index in [0.29, 0.717) is 6.54 Å². The van der Waals surface area contributed by atoms with Crippen LogP contribution in [0, 0.1) is 5.92 Å². The predicted octanol–water partition coefficient (Wildman–Crippen LogP) is -0.306. The molecule has 5 nitrogen and oxygen atoms in total. The third kappa shape index (κ3) is 4.29. The minimum atomic E-state index is -0.547. The highest BCUT2D eigenvalue weighted by Crippen LogP contribution is 2.08. The van der Waals surface area contributed by atoms with Crippen LogP contribution in [-0.2, 0) is 9.59 Å². The first-order valence-corrected chi connectivity index (χ1v) is 5.26. The summed E-state index contributed by atoms with van der Waals surface area (Å²) in [4.78, 5) is 23.9. The topological polar surface area (TPSA) is 89.4 Å². The summed E-state index contributed by atoms with van der Waals surface area (Å²) in [5, 5.41) is 0. The van der Waals surface area contributed by atoms with Crippen LogP contribution in [0.25, 0.3) is 0 Å². The molecule has 4 N–H and O–H groups in total. The Hall–Kier alpha value is -1.10. The fourth-order valence-corrected chi connectivity index (χ4v) is 1.24. The molecule has 88 valence electrons. The lowest BCUT2D eigenvalue weighted by Gasteiger charge is -2.25. The third-order valence-electron chi connectivity index (χ3n) is 2.58. The maximum Gasteiger partial charge on any atom is 0.240 e. The second kappa shape index (κ2) is 6.40. The molecule has 5 heteroatoms. The smallest absolute Gasteiger partial charge is 0.240 e. The summed E-state index contributed by atoms with van der Waals surface area (Å²) in [6.45, 7) is 6.08. The lowest BCUT2D eigenvalue weighted by Crippen LogP contribution is -2.49. The molecule has 0 aromatic rings. The molecule has 0 bridgehead atoms. The molecule has 0 aromatic carbocycles. The Balaban J connectivity index is 4.43. The quantitative estimate of drug-likeness (QED) is 0.637. The van der Waals surface area contributed by atoms with Gasteiger partial charge >= 0.3 is 0 Å². The van der Waals surface area contributed by atoms with Crippen LogP contribution in [0.15, 0.2) is 0 Å². The number of carbonyl (C=O) groups excluding carboxylic acids is 2. The molecule has 0 heterocycles. The molecule has 0 saturated heterocycles. The highest BCUT2D eigenvalue weighted by molar-refractivity contribution is 5.86. The van der Waals surface area contributed by atoms with Crippen LogP contribution in [0.3, 0.4) is 0 Å². The van der Waals surface area contributed by atoms with Gasteiger partial charge in [-0.3, -0.25) is 9.59 Å². The van der Waals surface area contributed by atoms with E-state index in [9.17, 15) is 9.59 Å². The maximum absolute atomic E-state index is 11.8. The van der Waals surface area contributed by atoms with E-state index >= 15 is 0 Å². The normalized spacial score (nSPS) is 14.4. The van der Waals surface area contributed by atoms with E-state index in [1.54, 1.807) is 6.92 Å². The zero-order chi connectivity index (χ0) is 12.0. The van der Waals surface area contributed by atoms with Crippen LogP contribution in [0.1, 0.15) is 27.2 Å². The van der Waals surface area contributed by atoms with Gasteiger partial charge in [0.2, 0.25) is 11.8 Å². The number of carbonyl (C=O) groups is 2. The van der Waals surface area contributed by atoms with E-state index in [2.05, 4.69) is 0 Å². The maximum atomic E-state index is 11.8. The van der Waals surface area contributed by atoms with Gasteiger partial charge in [0, 0.05) is 6.54 Å². The summed E-state index contributed by atoms with van der Waals surface area (Å²) in [5.74, 6) is -0.605. The van der Waals surface area contributed by atoms with Crippen molar-refractivity contribution < 1.29 is 9.59 Å². The van der Waals surface area contributed by atoms with Crippen LogP contribution in [0.2, 0.25) is 0 Å². The lowest BCUT2D eigenvalue weighted by atomic mass is 9.99. The molecule has 0 aromatic heterocycles. The van der Waals surface area contributed by atoms with Gasteiger partial charge in [-0.05, 0) is 12.8 Å².